The molecule has 2 aliphatic heterocycles. The molecule has 0 N–H and O–H groups in total. The summed E-state index contributed by atoms with van der Waals surface area (Å²) in [6.45, 7) is 4.07. The zero-order valence-corrected chi connectivity index (χ0v) is 31.0. The number of aryl methyl sites for hydroxylation is 1. The Morgan fingerprint density at radius 2 is 1.46 bits per heavy atom. The molecule has 3 aromatic rings. The van der Waals surface area contributed by atoms with E-state index >= 15 is 0 Å². The summed E-state index contributed by atoms with van der Waals surface area (Å²) in [4.78, 5) is 55.0. The molecular formula is C40H47NO13. The molecule has 0 bridgehead atoms. The normalized spacial score (nSPS) is 21.5. The zero-order chi connectivity index (χ0) is 38.6. The third-order valence-electron chi connectivity index (χ3n) is 9.26. The summed E-state index contributed by atoms with van der Waals surface area (Å²) in [7, 11) is 4.33. The number of carbonyl (C=O) groups excluding carboxylic acids is 4. The van der Waals surface area contributed by atoms with E-state index in [-0.39, 0.29) is 38.5 Å². The van der Waals surface area contributed by atoms with Crippen LogP contribution in [-0.4, -0.2) is 113 Å². The zero-order valence-electron chi connectivity index (χ0n) is 31.0. The van der Waals surface area contributed by atoms with Crippen molar-refractivity contribution in [3.63, 3.8) is 0 Å². The van der Waals surface area contributed by atoms with E-state index in [1.807, 2.05) is 26.0 Å². The van der Waals surface area contributed by atoms with Crippen LogP contribution in [0.5, 0.6) is 11.5 Å². The number of fused-ring (bicyclic) bond motifs is 1. The summed E-state index contributed by atoms with van der Waals surface area (Å²) in [5.74, 6) is -0.810. The molecule has 14 nitrogen and oxygen atoms in total. The average Bonchev–Trinajstić information content (AvgIpc) is 3.65. The smallest absolute Gasteiger partial charge is 0.339 e. The van der Waals surface area contributed by atoms with Crippen LogP contribution in [-0.2, 0) is 49.3 Å². The van der Waals surface area contributed by atoms with Crippen molar-refractivity contribution < 1.29 is 61.8 Å². The van der Waals surface area contributed by atoms with E-state index < -0.39 is 60.8 Å². The molecule has 0 saturated carbocycles. The van der Waals surface area contributed by atoms with E-state index in [1.165, 1.54) is 21.3 Å². The molecule has 2 heterocycles. The fraction of sp³-hybridized carbons (Fsp3) is 0.450. The number of esters is 2. The number of methoxy groups -OCH3 is 3. The Balaban J connectivity index is 1.46. The SMILES string of the molecule is CCCN(Cc1cc2c(cc1C)OCO2)C(=O)[C@@H](OC(=O)c1ccccc1)[C@@H](CC=O)O[C@@H]1O[C@H](COC(=O)c2ccccc2)[C@@H](OC)[C@H](OC)[C@H]1OC. The van der Waals surface area contributed by atoms with Gasteiger partial charge in [-0.3, -0.25) is 4.79 Å². The summed E-state index contributed by atoms with van der Waals surface area (Å²) in [6.07, 6.45) is -6.99. The molecule has 0 spiro atoms. The van der Waals surface area contributed by atoms with Crippen LogP contribution >= 0.6 is 0 Å². The molecular weight excluding hydrogens is 702 g/mol. The summed E-state index contributed by atoms with van der Waals surface area (Å²) in [6, 6.07) is 20.3. The van der Waals surface area contributed by atoms with E-state index in [4.69, 9.17) is 42.6 Å². The Kier molecular flexibility index (Phi) is 14.5. The minimum Gasteiger partial charge on any atom is -0.459 e. The van der Waals surface area contributed by atoms with Gasteiger partial charge in [0, 0.05) is 40.8 Å². The van der Waals surface area contributed by atoms with Gasteiger partial charge in [-0.05, 0) is 60.9 Å². The maximum Gasteiger partial charge on any atom is 0.339 e. The number of nitrogens with zero attached hydrogens (tertiary/aromatic N) is 1. The number of amides is 1. The van der Waals surface area contributed by atoms with Crippen molar-refractivity contribution in [1.29, 1.82) is 0 Å². The van der Waals surface area contributed by atoms with Gasteiger partial charge in [-0.15, -0.1) is 0 Å². The monoisotopic (exact) mass is 749 g/mol. The Hall–Kier alpha value is -4.86. The topological polar surface area (TPSA) is 155 Å². The van der Waals surface area contributed by atoms with Gasteiger partial charge in [-0.25, -0.2) is 9.59 Å². The molecule has 5 rings (SSSR count). The molecule has 1 amide bonds. The fourth-order valence-corrected chi connectivity index (χ4v) is 6.48. The van der Waals surface area contributed by atoms with Crippen LogP contribution in [0.4, 0.5) is 0 Å². The van der Waals surface area contributed by atoms with Crippen LogP contribution in [0.3, 0.4) is 0 Å². The van der Waals surface area contributed by atoms with Crippen molar-refractivity contribution in [3.8, 4) is 11.5 Å². The molecule has 0 unspecified atom stereocenters. The Morgan fingerprint density at radius 1 is 0.852 bits per heavy atom. The summed E-state index contributed by atoms with van der Waals surface area (Å²) in [5.41, 5.74) is 2.19. The van der Waals surface area contributed by atoms with Gasteiger partial charge in [0.2, 0.25) is 12.9 Å². The number of aldehydes is 1. The third kappa shape index (κ3) is 9.62. The Labute approximate surface area is 314 Å². The van der Waals surface area contributed by atoms with Gasteiger partial charge in [0.25, 0.3) is 5.91 Å². The highest BCUT2D eigenvalue weighted by Crippen LogP contribution is 2.35. The third-order valence-corrected chi connectivity index (χ3v) is 9.26. The predicted molar refractivity (Wildman–Crippen MR) is 192 cm³/mol. The molecule has 290 valence electrons. The van der Waals surface area contributed by atoms with Gasteiger partial charge in [-0.2, -0.15) is 0 Å². The molecule has 0 aliphatic carbocycles. The van der Waals surface area contributed by atoms with Gasteiger partial charge in [0.1, 0.15) is 43.4 Å². The second kappa shape index (κ2) is 19.5. The van der Waals surface area contributed by atoms with Crippen molar-refractivity contribution in [1.82, 2.24) is 4.90 Å². The maximum atomic E-state index is 14.7. The number of hydrogen-bond donors (Lipinski definition) is 0. The summed E-state index contributed by atoms with van der Waals surface area (Å²) in [5, 5.41) is 0. The molecule has 2 aliphatic rings. The number of rotatable bonds is 18. The maximum absolute atomic E-state index is 14.7. The quantitative estimate of drug-likeness (QED) is 0.134. The predicted octanol–water partition coefficient (Wildman–Crippen LogP) is 4.29. The minimum atomic E-state index is -1.61. The Morgan fingerprint density at radius 3 is 2.06 bits per heavy atom. The van der Waals surface area contributed by atoms with E-state index in [2.05, 4.69) is 0 Å². The first-order valence-corrected chi connectivity index (χ1v) is 17.7. The van der Waals surface area contributed by atoms with Crippen LogP contribution in [0.2, 0.25) is 0 Å². The molecule has 0 radical (unpaired) electrons. The number of benzene rings is 3. The highest BCUT2D eigenvalue weighted by atomic mass is 16.7. The molecule has 54 heavy (non-hydrogen) atoms. The minimum absolute atomic E-state index is 0.0924. The van der Waals surface area contributed by atoms with E-state index in [9.17, 15) is 19.2 Å². The molecule has 0 aromatic heterocycles. The number of hydrogen-bond acceptors (Lipinski definition) is 13. The average molecular weight is 750 g/mol. The molecule has 1 fully saturated rings. The highest BCUT2D eigenvalue weighted by molar-refractivity contribution is 5.92. The first-order chi connectivity index (χ1) is 26.2. The summed E-state index contributed by atoms with van der Waals surface area (Å²) >= 11 is 0. The van der Waals surface area contributed by atoms with Crippen LogP contribution in [0.1, 0.15) is 51.6 Å². The first kappa shape index (κ1) is 40.3. The van der Waals surface area contributed by atoms with Gasteiger partial charge in [0.05, 0.1) is 11.1 Å². The van der Waals surface area contributed by atoms with Gasteiger partial charge < -0.3 is 52.3 Å². The lowest BCUT2D eigenvalue weighted by molar-refractivity contribution is -0.325. The largest absolute Gasteiger partial charge is 0.459 e. The van der Waals surface area contributed by atoms with E-state index in [1.54, 1.807) is 65.6 Å². The Bertz CT molecular complexity index is 1700. The number of ether oxygens (including phenoxy) is 9. The molecule has 3 aromatic carbocycles. The van der Waals surface area contributed by atoms with Crippen molar-refractivity contribution in [3.05, 3.63) is 95.1 Å². The van der Waals surface area contributed by atoms with Crippen molar-refractivity contribution in [2.75, 3.05) is 41.3 Å². The second-order valence-corrected chi connectivity index (χ2v) is 12.8. The summed E-state index contributed by atoms with van der Waals surface area (Å²) < 4.78 is 52.8. The number of carbonyl (C=O) groups is 4. The van der Waals surface area contributed by atoms with Gasteiger partial charge in [0.15, 0.2) is 17.8 Å². The van der Waals surface area contributed by atoms with Crippen LogP contribution in [0.25, 0.3) is 0 Å². The van der Waals surface area contributed by atoms with Crippen LogP contribution < -0.4 is 9.47 Å². The highest BCUT2D eigenvalue weighted by Gasteiger charge is 2.50. The lowest BCUT2D eigenvalue weighted by Crippen LogP contribution is -2.62. The fourth-order valence-electron chi connectivity index (χ4n) is 6.48. The lowest BCUT2D eigenvalue weighted by Gasteiger charge is -2.45. The van der Waals surface area contributed by atoms with Crippen LogP contribution in [0.15, 0.2) is 72.8 Å². The second-order valence-electron chi connectivity index (χ2n) is 12.8. The molecule has 1 saturated heterocycles. The van der Waals surface area contributed by atoms with Gasteiger partial charge in [-0.1, -0.05) is 43.3 Å². The standard InChI is InChI=1S/C40H47NO13/c1-6-18-41(22-28-21-31-30(20-25(28)2)50-24-51-31)37(43)34(54-39(45)27-15-11-8-12-16-27)29(17-19-42)52-40-36(48-5)35(47-4)33(46-3)32(53-40)23-49-38(44)26-13-9-7-10-14-26/h7-16,19-21,29,32-36,40H,6,17-18,22-24H2,1-5H3/t29-,32-,33-,34+,35+,36-,40-/m1/s1. The van der Waals surface area contributed by atoms with Crippen molar-refractivity contribution >= 4 is 24.1 Å². The van der Waals surface area contributed by atoms with Crippen molar-refractivity contribution in [2.24, 2.45) is 0 Å². The van der Waals surface area contributed by atoms with Crippen LogP contribution in [0, 0.1) is 6.92 Å². The van der Waals surface area contributed by atoms with E-state index in [0.717, 1.165) is 11.1 Å². The molecule has 14 heteroatoms. The van der Waals surface area contributed by atoms with E-state index in [0.29, 0.717) is 29.8 Å². The van der Waals surface area contributed by atoms with Crippen molar-refractivity contribution in [2.45, 2.75) is 76.1 Å². The first-order valence-electron chi connectivity index (χ1n) is 17.7. The van der Waals surface area contributed by atoms with Gasteiger partial charge >= 0.3 is 11.9 Å². The lowest BCUT2D eigenvalue weighted by atomic mass is 9.98. The molecule has 7 atom stereocenters.